The fourth-order valence-corrected chi connectivity index (χ4v) is 1.90. The van der Waals surface area contributed by atoms with E-state index in [0.29, 0.717) is 6.07 Å². The number of alkyl halides is 3. The van der Waals surface area contributed by atoms with Gasteiger partial charge >= 0.3 is 6.18 Å². The lowest BCUT2D eigenvalue weighted by atomic mass is 9.98. The average Bonchev–Trinajstić information content (AvgIpc) is 2.29. The Morgan fingerprint density at radius 1 is 1.26 bits per heavy atom. The molecule has 0 atom stereocenters. The summed E-state index contributed by atoms with van der Waals surface area (Å²) in [5.41, 5.74) is -0.996. The Morgan fingerprint density at radius 3 is 2.47 bits per heavy atom. The van der Waals surface area contributed by atoms with Crippen molar-refractivity contribution in [2.24, 2.45) is 0 Å². The van der Waals surface area contributed by atoms with Gasteiger partial charge in [0.2, 0.25) is 0 Å². The number of halogens is 3. The molecule has 0 fully saturated rings. The fraction of sp³-hybridized carbons (Fsp3) is 0.154. The highest BCUT2D eigenvalue weighted by Crippen LogP contribution is 2.37. The number of nitrogens with one attached hydrogen (secondary N) is 1. The number of phenolic OH excluding ortho intramolecular Hbond substituents is 1. The quantitative estimate of drug-likeness (QED) is 0.835. The van der Waals surface area contributed by atoms with Crippen LogP contribution in [0.1, 0.15) is 11.1 Å². The van der Waals surface area contributed by atoms with Gasteiger partial charge in [-0.3, -0.25) is 4.79 Å². The third-order valence-electron chi connectivity index (χ3n) is 2.73. The van der Waals surface area contributed by atoms with Gasteiger partial charge in [-0.15, -0.1) is 0 Å². The monoisotopic (exact) mass is 269 g/mol. The van der Waals surface area contributed by atoms with E-state index in [1.165, 1.54) is 25.3 Å². The lowest BCUT2D eigenvalue weighted by Gasteiger charge is -2.13. The summed E-state index contributed by atoms with van der Waals surface area (Å²) in [6.45, 7) is 1.41. The third kappa shape index (κ3) is 2.47. The second kappa shape index (κ2) is 4.46. The molecule has 3 nitrogen and oxygen atoms in total. The molecule has 19 heavy (non-hydrogen) atoms. The second-order valence-corrected chi connectivity index (χ2v) is 4.10. The lowest BCUT2D eigenvalue weighted by molar-refractivity contribution is -0.137. The molecule has 1 aromatic heterocycles. The first-order valence-electron chi connectivity index (χ1n) is 5.39. The first-order valence-corrected chi connectivity index (χ1v) is 5.39. The number of aromatic amines is 1. The minimum atomic E-state index is -4.54. The largest absolute Gasteiger partial charge is 0.507 e. The predicted molar refractivity (Wildman–Crippen MR) is 63.9 cm³/mol. The molecular weight excluding hydrogens is 259 g/mol. The lowest BCUT2D eigenvalue weighted by Crippen LogP contribution is -2.10. The average molecular weight is 269 g/mol. The first kappa shape index (κ1) is 13.2. The van der Waals surface area contributed by atoms with Gasteiger partial charge in [0.15, 0.2) is 0 Å². The molecule has 100 valence electrons. The number of rotatable bonds is 1. The van der Waals surface area contributed by atoms with E-state index >= 15 is 0 Å². The van der Waals surface area contributed by atoms with E-state index in [2.05, 4.69) is 4.98 Å². The molecule has 0 radical (unpaired) electrons. The molecule has 0 saturated carbocycles. The van der Waals surface area contributed by atoms with E-state index in [-0.39, 0.29) is 16.7 Å². The molecule has 0 amide bonds. The summed E-state index contributed by atoms with van der Waals surface area (Å²) in [4.78, 5) is 14.0. The molecule has 0 bridgehead atoms. The zero-order valence-electron chi connectivity index (χ0n) is 9.88. The van der Waals surface area contributed by atoms with Crippen LogP contribution in [0, 0.1) is 6.92 Å². The molecule has 1 heterocycles. The van der Waals surface area contributed by atoms with Crippen molar-refractivity contribution in [1.29, 1.82) is 0 Å². The molecule has 0 spiro atoms. The van der Waals surface area contributed by atoms with Crippen molar-refractivity contribution in [3.8, 4) is 16.9 Å². The first-order chi connectivity index (χ1) is 8.80. The van der Waals surface area contributed by atoms with Gasteiger partial charge in [-0.1, -0.05) is 0 Å². The predicted octanol–water partition coefficient (Wildman–Crippen LogP) is 3.07. The Hall–Kier alpha value is -2.24. The summed E-state index contributed by atoms with van der Waals surface area (Å²) in [6, 6.07) is 4.50. The highest BCUT2D eigenvalue weighted by atomic mass is 19.4. The van der Waals surface area contributed by atoms with Crippen LogP contribution in [0.3, 0.4) is 0 Å². The minimum Gasteiger partial charge on any atom is -0.507 e. The Kier molecular flexibility index (Phi) is 3.09. The van der Waals surface area contributed by atoms with Crippen LogP contribution in [0.5, 0.6) is 5.75 Å². The van der Waals surface area contributed by atoms with Crippen LogP contribution in [0.25, 0.3) is 11.1 Å². The molecule has 0 unspecified atom stereocenters. The molecule has 2 rings (SSSR count). The van der Waals surface area contributed by atoms with Gasteiger partial charge in [-0.25, -0.2) is 0 Å². The number of aryl methyl sites for hydroxylation is 1. The van der Waals surface area contributed by atoms with Crippen LogP contribution in [-0.4, -0.2) is 10.1 Å². The van der Waals surface area contributed by atoms with Crippen LogP contribution < -0.4 is 5.56 Å². The maximum atomic E-state index is 12.6. The smallest absolute Gasteiger partial charge is 0.416 e. The Bertz CT molecular complexity index is 651. The van der Waals surface area contributed by atoms with Crippen molar-refractivity contribution >= 4 is 0 Å². The number of H-pyrrole nitrogens is 1. The SMILES string of the molecule is Cc1cc(C(F)(F)F)cc(O)c1-c1ccc[nH]c1=O. The van der Waals surface area contributed by atoms with E-state index in [1.807, 2.05) is 0 Å². The number of benzene rings is 1. The summed E-state index contributed by atoms with van der Waals surface area (Å²) < 4.78 is 37.7. The standard InChI is InChI=1S/C13H10F3NO2/c1-7-5-8(13(14,15)16)6-10(18)11(7)9-3-2-4-17-12(9)19/h2-6,18H,1H3,(H,17,19). The molecule has 0 aliphatic carbocycles. The van der Waals surface area contributed by atoms with Crippen LogP contribution in [0.2, 0.25) is 0 Å². The minimum absolute atomic E-state index is 0.106. The third-order valence-corrected chi connectivity index (χ3v) is 2.73. The number of phenols is 1. The van der Waals surface area contributed by atoms with Crippen LogP contribution in [0.15, 0.2) is 35.3 Å². The highest BCUT2D eigenvalue weighted by molar-refractivity contribution is 5.73. The Balaban J connectivity index is 2.68. The van der Waals surface area contributed by atoms with E-state index in [4.69, 9.17) is 0 Å². The Labute approximate surface area is 106 Å². The maximum absolute atomic E-state index is 12.6. The van der Waals surface area contributed by atoms with Crippen LogP contribution in [-0.2, 0) is 6.18 Å². The van der Waals surface area contributed by atoms with Gasteiger partial charge in [0.1, 0.15) is 5.75 Å². The van der Waals surface area contributed by atoms with Gasteiger partial charge in [0, 0.05) is 11.8 Å². The highest BCUT2D eigenvalue weighted by Gasteiger charge is 2.32. The van der Waals surface area contributed by atoms with E-state index in [1.54, 1.807) is 0 Å². The summed E-state index contributed by atoms with van der Waals surface area (Å²) in [7, 11) is 0. The van der Waals surface area contributed by atoms with Crippen molar-refractivity contribution in [3.63, 3.8) is 0 Å². The van der Waals surface area contributed by atoms with Gasteiger partial charge in [0.05, 0.1) is 11.1 Å². The summed E-state index contributed by atoms with van der Waals surface area (Å²) in [5, 5.41) is 9.76. The second-order valence-electron chi connectivity index (χ2n) is 4.10. The van der Waals surface area contributed by atoms with Crippen molar-refractivity contribution < 1.29 is 18.3 Å². The molecule has 2 N–H and O–H groups in total. The van der Waals surface area contributed by atoms with Gasteiger partial charge in [-0.05, 0) is 36.8 Å². The maximum Gasteiger partial charge on any atom is 0.416 e. The normalized spacial score (nSPS) is 11.6. The van der Waals surface area contributed by atoms with E-state index < -0.39 is 23.0 Å². The van der Waals surface area contributed by atoms with Crippen molar-refractivity contribution in [3.05, 3.63) is 51.9 Å². The van der Waals surface area contributed by atoms with Gasteiger partial charge < -0.3 is 10.1 Å². The molecule has 2 aromatic rings. The topological polar surface area (TPSA) is 53.1 Å². The summed E-state index contributed by atoms with van der Waals surface area (Å²) in [5.74, 6) is -0.566. The van der Waals surface area contributed by atoms with Crippen molar-refractivity contribution in [2.45, 2.75) is 13.1 Å². The van der Waals surface area contributed by atoms with E-state index in [0.717, 1.165) is 6.07 Å². The molecule has 0 aliphatic rings. The summed E-state index contributed by atoms with van der Waals surface area (Å²) >= 11 is 0. The Morgan fingerprint density at radius 2 is 1.95 bits per heavy atom. The molecular formula is C13H10F3NO2. The number of pyridine rings is 1. The van der Waals surface area contributed by atoms with Crippen molar-refractivity contribution in [2.75, 3.05) is 0 Å². The molecule has 1 aromatic carbocycles. The molecule has 0 saturated heterocycles. The summed E-state index contributed by atoms with van der Waals surface area (Å²) in [6.07, 6.45) is -3.13. The number of hydrogen-bond acceptors (Lipinski definition) is 2. The number of hydrogen-bond donors (Lipinski definition) is 2. The van der Waals surface area contributed by atoms with Crippen LogP contribution in [0.4, 0.5) is 13.2 Å². The fourth-order valence-electron chi connectivity index (χ4n) is 1.90. The van der Waals surface area contributed by atoms with E-state index in [9.17, 15) is 23.1 Å². The molecule has 0 aliphatic heterocycles. The number of aromatic hydroxyl groups is 1. The van der Waals surface area contributed by atoms with Crippen molar-refractivity contribution in [1.82, 2.24) is 4.98 Å². The zero-order valence-corrected chi connectivity index (χ0v) is 9.88. The number of aromatic nitrogens is 1. The van der Waals surface area contributed by atoms with Gasteiger partial charge in [0.25, 0.3) is 5.56 Å². The van der Waals surface area contributed by atoms with Crippen LogP contribution >= 0.6 is 0 Å². The zero-order chi connectivity index (χ0) is 14.2. The van der Waals surface area contributed by atoms with Gasteiger partial charge in [-0.2, -0.15) is 13.2 Å². The molecule has 6 heteroatoms.